The Morgan fingerprint density at radius 3 is 2.79 bits per heavy atom. The number of hydrogen-bond acceptors (Lipinski definition) is 5. The average Bonchev–Trinajstić information content (AvgIpc) is 3.16. The lowest BCUT2D eigenvalue weighted by Gasteiger charge is -2.19. The highest BCUT2D eigenvalue weighted by molar-refractivity contribution is 7.89. The number of carbonyl (C=O) groups excluding carboxylic acids is 1. The molecular formula is C19H17ClN4O4S. The zero-order valence-electron chi connectivity index (χ0n) is 15.1. The van der Waals surface area contributed by atoms with E-state index in [9.17, 15) is 13.2 Å². The lowest BCUT2D eigenvalue weighted by Crippen LogP contribution is -2.28. The number of rotatable bonds is 6. The van der Waals surface area contributed by atoms with Crippen molar-refractivity contribution in [2.75, 3.05) is 18.5 Å². The van der Waals surface area contributed by atoms with Gasteiger partial charge in [0, 0.05) is 25.2 Å². The van der Waals surface area contributed by atoms with E-state index in [2.05, 4.69) is 15.1 Å². The highest BCUT2D eigenvalue weighted by atomic mass is 35.5. The van der Waals surface area contributed by atoms with Crippen LogP contribution in [-0.2, 0) is 21.2 Å². The molecule has 10 heteroatoms. The van der Waals surface area contributed by atoms with Crippen LogP contribution in [0.3, 0.4) is 0 Å². The first-order valence-electron chi connectivity index (χ1n) is 8.78. The molecule has 150 valence electrons. The molecule has 0 bridgehead atoms. The Balaban J connectivity index is 1.44. The zero-order chi connectivity index (χ0) is 20.4. The minimum absolute atomic E-state index is 0.00425. The smallest absolute Gasteiger partial charge is 0.262 e. The Labute approximate surface area is 172 Å². The standard InChI is InChI=1S/C19H17ClN4O4S/c20-15-10-16-17(28-12-19(25)22-16)11-18(15)29(26,27)21-8-6-13-7-9-24(23-13)14-4-2-1-3-5-14/h1-5,7,9-11,21H,6,8,12H2,(H,22,25). The number of fused-ring (bicyclic) bond motifs is 1. The van der Waals surface area contributed by atoms with Gasteiger partial charge in [-0.15, -0.1) is 0 Å². The maximum absolute atomic E-state index is 12.7. The maximum atomic E-state index is 12.7. The number of nitrogens with one attached hydrogen (secondary N) is 2. The van der Waals surface area contributed by atoms with Gasteiger partial charge in [0.05, 0.1) is 22.1 Å². The van der Waals surface area contributed by atoms with Gasteiger partial charge in [-0.3, -0.25) is 4.79 Å². The number of carbonyl (C=O) groups is 1. The molecule has 8 nitrogen and oxygen atoms in total. The van der Waals surface area contributed by atoms with Crippen LogP contribution in [0.25, 0.3) is 5.69 Å². The Morgan fingerprint density at radius 1 is 1.21 bits per heavy atom. The number of halogens is 1. The Bertz CT molecular complexity index is 1160. The van der Waals surface area contributed by atoms with Gasteiger partial charge in [-0.05, 0) is 24.3 Å². The molecule has 2 aromatic carbocycles. The molecule has 1 aliphatic heterocycles. The third-order valence-corrected chi connectivity index (χ3v) is 6.22. The van der Waals surface area contributed by atoms with Crippen LogP contribution in [-0.4, -0.2) is 37.3 Å². The predicted octanol–water partition coefficient (Wildman–Crippen LogP) is 2.38. The van der Waals surface area contributed by atoms with Crippen molar-refractivity contribution >= 4 is 33.2 Å². The van der Waals surface area contributed by atoms with Gasteiger partial charge in [0.2, 0.25) is 10.0 Å². The van der Waals surface area contributed by atoms with Crippen molar-refractivity contribution in [3.8, 4) is 11.4 Å². The molecule has 1 amide bonds. The summed E-state index contributed by atoms with van der Waals surface area (Å²) >= 11 is 6.12. The third-order valence-electron chi connectivity index (χ3n) is 4.29. The van der Waals surface area contributed by atoms with Crippen LogP contribution >= 0.6 is 11.6 Å². The number of sulfonamides is 1. The molecule has 0 spiro atoms. The second-order valence-electron chi connectivity index (χ2n) is 6.35. The van der Waals surface area contributed by atoms with Crippen LogP contribution < -0.4 is 14.8 Å². The molecule has 4 rings (SSSR count). The summed E-state index contributed by atoms with van der Waals surface area (Å²) in [6.45, 7) is -0.0231. The second kappa shape index (κ2) is 7.86. The Morgan fingerprint density at radius 2 is 2.00 bits per heavy atom. The summed E-state index contributed by atoms with van der Waals surface area (Å²) in [5, 5.41) is 7.03. The van der Waals surface area contributed by atoms with Crippen molar-refractivity contribution in [2.45, 2.75) is 11.3 Å². The highest BCUT2D eigenvalue weighted by Crippen LogP contribution is 2.35. The number of benzene rings is 2. The van der Waals surface area contributed by atoms with Crippen LogP contribution in [0.1, 0.15) is 5.69 Å². The summed E-state index contributed by atoms with van der Waals surface area (Å²) in [5.41, 5.74) is 2.02. The van der Waals surface area contributed by atoms with Crippen molar-refractivity contribution in [1.82, 2.24) is 14.5 Å². The zero-order valence-corrected chi connectivity index (χ0v) is 16.7. The number of aromatic nitrogens is 2. The van der Waals surface area contributed by atoms with E-state index >= 15 is 0 Å². The molecule has 0 fully saturated rings. The fraction of sp³-hybridized carbons (Fsp3) is 0.158. The minimum Gasteiger partial charge on any atom is -0.482 e. The average molecular weight is 433 g/mol. The molecule has 1 aromatic heterocycles. The quantitative estimate of drug-likeness (QED) is 0.622. The molecule has 2 N–H and O–H groups in total. The minimum atomic E-state index is -3.86. The summed E-state index contributed by atoms with van der Waals surface area (Å²) in [5.74, 6) is -0.0618. The fourth-order valence-electron chi connectivity index (χ4n) is 2.90. The van der Waals surface area contributed by atoms with Crippen LogP contribution in [0, 0.1) is 0 Å². The lowest BCUT2D eigenvalue weighted by molar-refractivity contribution is -0.118. The van der Waals surface area contributed by atoms with Gasteiger partial charge in [-0.2, -0.15) is 5.10 Å². The Kier molecular flexibility index (Phi) is 5.27. The number of ether oxygens (including phenoxy) is 1. The predicted molar refractivity (Wildman–Crippen MR) is 108 cm³/mol. The lowest BCUT2D eigenvalue weighted by atomic mass is 10.2. The van der Waals surface area contributed by atoms with E-state index in [0.717, 1.165) is 11.4 Å². The van der Waals surface area contributed by atoms with Gasteiger partial charge in [0.15, 0.2) is 6.61 Å². The van der Waals surface area contributed by atoms with Crippen LogP contribution in [0.15, 0.2) is 59.6 Å². The summed E-state index contributed by atoms with van der Waals surface area (Å²) in [6, 6.07) is 14.1. The molecule has 1 aliphatic rings. The molecule has 0 saturated carbocycles. The number of anilines is 1. The van der Waals surface area contributed by atoms with Gasteiger partial charge < -0.3 is 10.1 Å². The molecule has 0 unspecified atom stereocenters. The van der Waals surface area contributed by atoms with E-state index in [4.69, 9.17) is 16.3 Å². The molecular weight excluding hydrogens is 416 g/mol. The summed E-state index contributed by atoms with van der Waals surface area (Å²) < 4.78 is 34.8. The summed E-state index contributed by atoms with van der Waals surface area (Å²) in [4.78, 5) is 11.3. The Hall–Kier alpha value is -2.88. The highest BCUT2D eigenvalue weighted by Gasteiger charge is 2.24. The second-order valence-corrected chi connectivity index (χ2v) is 8.49. The van der Waals surface area contributed by atoms with E-state index < -0.39 is 10.0 Å². The van der Waals surface area contributed by atoms with E-state index in [1.54, 1.807) is 4.68 Å². The van der Waals surface area contributed by atoms with Gasteiger partial charge in [0.1, 0.15) is 10.6 Å². The monoisotopic (exact) mass is 432 g/mol. The van der Waals surface area contributed by atoms with Gasteiger partial charge in [-0.25, -0.2) is 17.8 Å². The first kappa shape index (κ1) is 19.4. The largest absolute Gasteiger partial charge is 0.482 e. The molecule has 0 aliphatic carbocycles. The number of para-hydroxylation sites is 1. The first-order valence-corrected chi connectivity index (χ1v) is 10.6. The van der Waals surface area contributed by atoms with E-state index in [1.165, 1.54) is 12.1 Å². The number of nitrogens with zero attached hydrogens (tertiary/aromatic N) is 2. The number of hydrogen-bond donors (Lipinski definition) is 2. The van der Waals surface area contributed by atoms with Crippen LogP contribution in [0.4, 0.5) is 5.69 Å². The van der Waals surface area contributed by atoms with Gasteiger partial charge in [-0.1, -0.05) is 29.8 Å². The van der Waals surface area contributed by atoms with Crippen LogP contribution in [0.2, 0.25) is 5.02 Å². The first-order chi connectivity index (χ1) is 13.9. The summed E-state index contributed by atoms with van der Waals surface area (Å²) in [6.07, 6.45) is 2.24. The molecule has 0 radical (unpaired) electrons. The third kappa shape index (κ3) is 4.26. The van der Waals surface area contributed by atoms with E-state index in [0.29, 0.717) is 12.1 Å². The maximum Gasteiger partial charge on any atom is 0.262 e. The molecule has 29 heavy (non-hydrogen) atoms. The van der Waals surface area contributed by atoms with Crippen molar-refractivity contribution in [2.24, 2.45) is 0 Å². The normalized spacial score (nSPS) is 13.5. The van der Waals surface area contributed by atoms with Crippen molar-refractivity contribution in [1.29, 1.82) is 0 Å². The SMILES string of the molecule is O=C1COc2cc(S(=O)(=O)NCCc3ccn(-c4ccccc4)n3)c(Cl)cc2N1. The van der Waals surface area contributed by atoms with Crippen molar-refractivity contribution < 1.29 is 17.9 Å². The van der Waals surface area contributed by atoms with E-state index in [1.807, 2.05) is 42.6 Å². The van der Waals surface area contributed by atoms with Crippen molar-refractivity contribution in [3.05, 3.63) is 65.4 Å². The van der Waals surface area contributed by atoms with Gasteiger partial charge >= 0.3 is 0 Å². The number of amides is 1. The van der Waals surface area contributed by atoms with Crippen LogP contribution in [0.5, 0.6) is 5.75 Å². The van der Waals surface area contributed by atoms with E-state index in [-0.39, 0.29) is 34.7 Å². The fourth-order valence-corrected chi connectivity index (χ4v) is 4.47. The van der Waals surface area contributed by atoms with Crippen molar-refractivity contribution in [3.63, 3.8) is 0 Å². The molecule has 0 saturated heterocycles. The topological polar surface area (TPSA) is 102 Å². The molecule has 2 heterocycles. The van der Waals surface area contributed by atoms with Gasteiger partial charge in [0.25, 0.3) is 5.91 Å². The summed E-state index contributed by atoms with van der Waals surface area (Å²) in [7, 11) is -3.86. The molecule has 0 atom stereocenters. The molecule has 3 aromatic rings.